The molecule has 0 rings (SSSR count). The van der Waals surface area contributed by atoms with E-state index in [0.717, 1.165) is 16.9 Å². The number of methoxy groups -OCH3 is 2. The Labute approximate surface area is 77.9 Å². The molecule has 0 aromatic heterocycles. The van der Waals surface area contributed by atoms with Crippen molar-refractivity contribution in [3.63, 3.8) is 0 Å². The SMILES string of the molecule is COC(CO[SiH3])(CC(C)C)OC. The van der Waals surface area contributed by atoms with Crippen LogP contribution in [-0.2, 0) is 13.9 Å². The van der Waals surface area contributed by atoms with E-state index in [1.54, 1.807) is 14.2 Å². The fourth-order valence-corrected chi connectivity index (χ4v) is 1.71. The van der Waals surface area contributed by atoms with E-state index in [9.17, 15) is 0 Å². The molecule has 0 saturated heterocycles. The predicted octanol–water partition coefficient (Wildman–Crippen LogP) is 0.319. The van der Waals surface area contributed by atoms with Gasteiger partial charge in [-0.25, -0.2) is 0 Å². The summed E-state index contributed by atoms with van der Waals surface area (Å²) in [6, 6.07) is 0. The van der Waals surface area contributed by atoms with Crippen LogP contribution in [0.5, 0.6) is 0 Å². The molecule has 12 heavy (non-hydrogen) atoms. The lowest BCUT2D eigenvalue weighted by atomic mass is 10.0. The maximum Gasteiger partial charge on any atom is 0.190 e. The Kier molecular flexibility index (Phi) is 5.74. The molecule has 0 aromatic carbocycles. The first-order chi connectivity index (χ1) is 5.60. The highest BCUT2D eigenvalue weighted by molar-refractivity contribution is 5.97. The van der Waals surface area contributed by atoms with Gasteiger partial charge in [-0.1, -0.05) is 13.8 Å². The Morgan fingerprint density at radius 1 is 1.25 bits per heavy atom. The van der Waals surface area contributed by atoms with Gasteiger partial charge in [0.15, 0.2) is 5.79 Å². The summed E-state index contributed by atoms with van der Waals surface area (Å²) < 4.78 is 15.8. The third-order valence-electron chi connectivity index (χ3n) is 1.83. The van der Waals surface area contributed by atoms with Crippen molar-refractivity contribution in [2.24, 2.45) is 5.92 Å². The Balaban J connectivity index is 4.13. The van der Waals surface area contributed by atoms with E-state index in [0.29, 0.717) is 12.5 Å². The Bertz CT molecular complexity index is 113. The van der Waals surface area contributed by atoms with Crippen LogP contribution in [0.3, 0.4) is 0 Å². The molecule has 0 unspecified atom stereocenters. The summed E-state index contributed by atoms with van der Waals surface area (Å²) in [6.07, 6.45) is 0.863. The third kappa shape index (κ3) is 3.67. The van der Waals surface area contributed by atoms with Gasteiger partial charge >= 0.3 is 0 Å². The normalized spacial score (nSPS) is 12.8. The summed E-state index contributed by atoms with van der Waals surface area (Å²) in [5.74, 6) is 0.0114. The second kappa shape index (κ2) is 5.69. The van der Waals surface area contributed by atoms with Crippen LogP contribution in [0.2, 0.25) is 0 Å². The zero-order chi connectivity index (χ0) is 9.61. The summed E-state index contributed by atoms with van der Waals surface area (Å²) in [5, 5.41) is 0. The van der Waals surface area contributed by atoms with Crippen LogP contribution in [0.15, 0.2) is 0 Å². The highest BCUT2D eigenvalue weighted by Crippen LogP contribution is 2.21. The van der Waals surface area contributed by atoms with Crippen LogP contribution in [0, 0.1) is 5.92 Å². The van der Waals surface area contributed by atoms with E-state index >= 15 is 0 Å². The van der Waals surface area contributed by atoms with E-state index in [2.05, 4.69) is 13.8 Å². The van der Waals surface area contributed by atoms with Crippen LogP contribution < -0.4 is 0 Å². The number of rotatable bonds is 6. The monoisotopic (exact) mass is 192 g/mol. The van der Waals surface area contributed by atoms with E-state index < -0.39 is 5.79 Å². The molecule has 0 bridgehead atoms. The first-order valence-corrected chi connectivity index (χ1v) is 5.01. The minimum Gasteiger partial charge on any atom is -0.422 e. The molecule has 0 spiro atoms. The molecule has 3 nitrogen and oxygen atoms in total. The summed E-state index contributed by atoms with van der Waals surface area (Å²) >= 11 is 0. The zero-order valence-electron chi connectivity index (χ0n) is 8.72. The van der Waals surface area contributed by atoms with Gasteiger partial charge in [-0.3, -0.25) is 0 Å². The summed E-state index contributed by atoms with van der Waals surface area (Å²) in [5.41, 5.74) is 0. The molecule has 4 heteroatoms. The Morgan fingerprint density at radius 2 is 1.75 bits per heavy atom. The van der Waals surface area contributed by atoms with Crippen molar-refractivity contribution < 1.29 is 13.9 Å². The van der Waals surface area contributed by atoms with Gasteiger partial charge in [0.05, 0.1) is 6.61 Å². The molecule has 0 aliphatic carbocycles. The van der Waals surface area contributed by atoms with Crippen LogP contribution in [0.25, 0.3) is 0 Å². The first-order valence-electron chi connectivity index (χ1n) is 4.19. The van der Waals surface area contributed by atoms with Crippen molar-refractivity contribution >= 4 is 10.5 Å². The molecule has 0 aliphatic rings. The van der Waals surface area contributed by atoms with Gasteiger partial charge < -0.3 is 13.9 Å². The van der Waals surface area contributed by atoms with Gasteiger partial charge in [0, 0.05) is 20.6 Å². The number of hydrogen-bond acceptors (Lipinski definition) is 3. The van der Waals surface area contributed by atoms with Gasteiger partial charge in [-0.15, -0.1) is 0 Å². The second-order valence-corrected chi connectivity index (χ2v) is 3.93. The van der Waals surface area contributed by atoms with Crippen LogP contribution in [0.1, 0.15) is 20.3 Å². The molecule has 0 radical (unpaired) electrons. The average molecular weight is 192 g/mol. The van der Waals surface area contributed by atoms with Gasteiger partial charge in [0.1, 0.15) is 10.5 Å². The fourth-order valence-electron chi connectivity index (χ4n) is 1.27. The molecule has 0 aliphatic heterocycles. The molecule has 0 saturated carbocycles. The van der Waals surface area contributed by atoms with E-state index in [1.807, 2.05) is 0 Å². The molecule has 0 atom stereocenters. The molecule has 0 aromatic rings. The second-order valence-electron chi connectivity index (χ2n) is 3.35. The lowest BCUT2D eigenvalue weighted by molar-refractivity contribution is -0.230. The molecule has 0 amide bonds. The minimum absolute atomic E-state index is 0.532. The minimum atomic E-state index is -0.532. The van der Waals surface area contributed by atoms with Crippen molar-refractivity contribution in [1.29, 1.82) is 0 Å². The van der Waals surface area contributed by atoms with E-state index in [-0.39, 0.29) is 0 Å². The molecule has 0 fully saturated rings. The standard InChI is InChI=1S/C8H20O3Si/c1-7(2)5-8(9-3,10-4)6-11-12/h7H,5-6H2,1-4,12H3. The third-order valence-corrected chi connectivity index (χ3v) is 2.12. The largest absolute Gasteiger partial charge is 0.422 e. The maximum atomic E-state index is 5.31. The van der Waals surface area contributed by atoms with Crippen LogP contribution >= 0.6 is 0 Å². The molecule has 0 heterocycles. The van der Waals surface area contributed by atoms with Crippen molar-refractivity contribution in [2.45, 2.75) is 26.1 Å². The molecule has 0 N–H and O–H groups in total. The van der Waals surface area contributed by atoms with Crippen molar-refractivity contribution in [2.75, 3.05) is 20.8 Å². The Morgan fingerprint density at radius 3 is 2.00 bits per heavy atom. The topological polar surface area (TPSA) is 27.7 Å². The van der Waals surface area contributed by atoms with Gasteiger partial charge in [0.25, 0.3) is 0 Å². The van der Waals surface area contributed by atoms with Crippen molar-refractivity contribution in [3.8, 4) is 0 Å². The molecule has 74 valence electrons. The quantitative estimate of drug-likeness (QED) is 0.448. The molecular weight excluding hydrogens is 172 g/mol. The summed E-state index contributed by atoms with van der Waals surface area (Å²) in [6.45, 7) is 4.81. The van der Waals surface area contributed by atoms with Crippen molar-refractivity contribution in [3.05, 3.63) is 0 Å². The van der Waals surface area contributed by atoms with E-state index in [4.69, 9.17) is 13.9 Å². The highest BCUT2D eigenvalue weighted by Gasteiger charge is 2.30. The first kappa shape index (κ1) is 12.1. The van der Waals surface area contributed by atoms with Crippen LogP contribution in [-0.4, -0.2) is 37.1 Å². The predicted molar refractivity (Wildman–Crippen MR) is 52.1 cm³/mol. The summed E-state index contributed by atoms with van der Waals surface area (Å²) in [7, 11) is 4.04. The van der Waals surface area contributed by atoms with Crippen LogP contribution in [0.4, 0.5) is 0 Å². The maximum absolute atomic E-state index is 5.31. The summed E-state index contributed by atoms with van der Waals surface area (Å²) in [4.78, 5) is 0. The fraction of sp³-hybridized carbons (Fsp3) is 1.00. The lowest BCUT2D eigenvalue weighted by Crippen LogP contribution is -2.40. The van der Waals surface area contributed by atoms with Crippen molar-refractivity contribution in [1.82, 2.24) is 0 Å². The lowest BCUT2D eigenvalue weighted by Gasteiger charge is -2.31. The molecular formula is C8H20O3Si. The number of hydrogen-bond donors (Lipinski definition) is 0. The van der Waals surface area contributed by atoms with Gasteiger partial charge in [0.2, 0.25) is 0 Å². The average Bonchev–Trinajstić information content (AvgIpc) is 2.03. The van der Waals surface area contributed by atoms with E-state index in [1.165, 1.54) is 0 Å². The van der Waals surface area contributed by atoms with Gasteiger partial charge in [-0.05, 0) is 5.92 Å². The number of ether oxygens (including phenoxy) is 2. The Hall–Kier alpha value is 0.0969. The highest BCUT2D eigenvalue weighted by atomic mass is 28.2. The smallest absolute Gasteiger partial charge is 0.190 e. The van der Waals surface area contributed by atoms with Gasteiger partial charge in [-0.2, -0.15) is 0 Å². The zero-order valence-corrected chi connectivity index (χ0v) is 10.7.